The van der Waals surface area contributed by atoms with Crippen LogP contribution >= 0.6 is 0 Å². The lowest BCUT2D eigenvalue weighted by Crippen LogP contribution is -2.54. The summed E-state index contributed by atoms with van der Waals surface area (Å²) >= 11 is 0. The Kier molecular flexibility index (Phi) is 6.92. The number of fused-ring (bicyclic) bond motifs is 3. The Morgan fingerprint density at radius 2 is 1.90 bits per heavy atom. The number of pyridine rings is 2. The average Bonchev–Trinajstić information content (AvgIpc) is 3.52. The Morgan fingerprint density at radius 1 is 1.10 bits per heavy atom. The number of aromatic nitrogens is 4. The van der Waals surface area contributed by atoms with Crippen molar-refractivity contribution in [2.24, 2.45) is 0 Å². The largest absolute Gasteiger partial charge is 0.350 e. The zero-order chi connectivity index (χ0) is 26.7. The van der Waals surface area contributed by atoms with Crippen molar-refractivity contribution >= 4 is 33.5 Å². The van der Waals surface area contributed by atoms with Crippen LogP contribution in [0.3, 0.4) is 0 Å². The summed E-state index contributed by atoms with van der Waals surface area (Å²) in [4.78, 5) is 40.3. The maximum absolute atomic E-state index is 13.8. The summed E-state index contributed by atoms with van der Waals surface area (Å²) in [5, 5.41) is 5.98. The maximum Gasteiger partial charge on any atom is 0.259 e. The van der Waals surface area contributed by atoms with Crippen LogP contribution in [0.15, 0.2) is 35.3 Å². The summed E-state index contributed by atoms with van der Waals surface area (Å²) in [7, 11) is 2.09. The molecule has 2 aliphatic rings. The number of nitrogens with one attached hydrogen (secondary N) is 1. The molecule has 206 valence electrons. The SMILES string of the molecule is C.Cc1cc2[nH]c(=O)c3cnn([C@H]4CCN(C)C4)c3c2cc1C(=O)N1CCN(c2ccc(F)c(C)n2)[C@@H](C)C1. The number of piperazine rings is 1. The van der Waals surface area contributed by atoms with Gasteiger partial charge < -0.3 is 19.7 Å². The molecule has 0 saturated carbocycles. The van der Waals surface area contributed by atoms with Crippen molar-refractivity contribution in [3.05, 3.63) is 63.5 Å². The molecular formula is C29H36FN7O2. The molecule has 1 aromatic carbocycles. The minimum absolute atomic E-state index is 0. The van der Waals surface area contributed by atoms with Crippen LogP contribution in [0, 0.1) is 19.7 Å². The quantitative estimate of drug-likeness (QED) is 0.430. The van der Waals surface area contributed by atoms with Gasteiger partial charge in [-0.05, 0) is 70.6 Å². The molecule has 2 atom stereocenters. The van der Waals surface area contributed by atoms with Gasteiger partial charge in [-0.1, -0.05) is 7.43 Å². The number of carbonyl (C=O) groups excluding carboxylic acids is 1. The molecule has 1 N–H and O–H groups in total. The molecule has 3 aromatic heterocycles. The van der Waals surface area contributed by atoms with E-state index in [0.29, 0.717) is 41.8 Å². The number of hydrogen-bond acceptors (Lipinski definition) is 6. The molecular weight excluding hydrogens is 497 g/mol. The number of likely N-dealkylation sites (N-methyl/N-ethyl adjacent to an activating group) is 1. The first kappa shape index (κ1) is 26.8. The Balaban J connectivity index is 0.00000308. The molecule has 1 amide bonds. The van der Waals surface area contributed by atoms with Crippen LogP contribution in [0.2, 0.25) is 0 Å². The average molecular weight is 534 g/mol. The fourth-order valence-electron chi connectivity index (χ4n) is 5.96. The molecule has 4 aromatic rings. The predicted octanol–water partition coefficient (Wildman–Crippen LogP) is 3.89. The molecule has 0 spiro atoms. The number of nitrogens with zero attached hydrogens (tertiary/aromatic N) is 6. The fraction of sp³-hybridized carbons (Fsp3) is 0.448. The Labute approximate surface area is 227 Å². The van der Waals surface area contributed by atoms with Gasteiger partial charge in [0, 0.05) is 43.2 Å². The van der Waals surface area contributed by atoms with Gasteiger partial charge in [-0.25, -0.2) is 9.37 Å². The van der Waals surface area contributed by atoms with Crippen molar-refractivity contribution in [2.75, 3.05) is 44.7 Å². The third kappa shape index (κ3) is 4.56. The van der Waals surface area contributed by atoms with Gasteiger partial charge in [0.15, 0.2) is 0 Å². The van der Waals surface area contributed by atoms with E-state index in [4.69, 9.17) is 0 Å². The van der Waals surface area contributed by atoms with Crippen LogP contribution in [0.4, 0.5) is 10.2 Å². The minimum Gasteiger partial charge on any atom is -0.350 e. The number of amides is 1. The van der Waals surface area contributed by atoms with Crippen LogP contribution in [0.25, 0.3) is 21.8 Å². The van der Waals surface area contributed by atoms with Crippen molar-refractivity contribution in [3.8, 4) is 0 Å². The number of aryl methyl sites for hydroxylation is 2. The summed E-state index contributed by atoms with van der Waals surface area (Å²) in [6, 6.07) is 7.16. The van der Waals surface area contributed by atoms with E-state index in [1.54, 1.807) is 19.2 Å². The van der Waals surface area contributed by atoms with Gasteiger partial charge >= 0.3 is 0 Å². The smallest absolute Gasteiger partial charge is 0.259 e. The maximum atomic E-state index is 13.8. The zero-order valence-corrected chi connectivity index (χ0v) is 22.2. The number of likely N-dealkylation sites (tertiary alicyclic amines) is 1. The highest BCUT2D eigenvalue weighted by molar-refractivity contribution is 6.07. The molecule has 9 nitrogen and oxygen atoms in total. The minimum atomic E-state index is -0.321. The monoisotopic (exact) mass is 533 g/mol. The van der Waals surface area contributed by atoms with E-state index in [1.807, 2.05) is 28.6 Å². The summed E-state index contributed by atoms with van der Waals surface area (Å²) in [5.41, 5.74) is 3.13. The van der Waals surface area contributed by atoms with Gasteiger partial charge in [0.25, 0.3) is 11.5 Å². The highest BCUT2D eigenvalue weighted by Crippen LogP contribution is 2.30. The Bertz CT molecular complexity index is 1630. The first-order valence-corrected chi connectivity index (χ1v) is 13.1. The number of H-pyrrole nitrogens is 1. The molecule has 5 heterocycles. The third-order valence-corrected chi connectivity index (χ3v) is 8.07. The van der Waals surface area contributed by atoms with Crippen molar-refractivity contribution in [1.29, 1.82) is 0 Å². The molecule has 10 heteroatoms. The zero-order valence-electron chi connectivity index (χ0n) is 22.2. The number of halogens is 1. The van der Waals surface area contributed by atoms with Crippen LogP contribution in [-0.4, -0.2) is 81.3 Å². The lowest BCUT2D eigenvalue weighted by Gasteiger charge is -2.40. The van der Waals surface area contributed by atoms with E-state index in [0.717, 1.165) is 41.8 Å². The van der Waals surface area contributed by atoms with Crippen molar-refractivity contribution in [2.45, 2.75) is 46.7 Å². The summed E-state index contributed by atoms with van der Waals surface area (Å²) < 4.78 is 15.7. The van der Waals surface area contributed by atoms with Crippen LogP contribution in [0.1, 0.15) is 48.4 Å². The van der Waals surface area contributed by atoms with Crippen molar-refractivity contribution in [3.63, 3.8) is 0 Å². The van der Waals surface area contributed by atoms with Gasteiger partial charge in [0.05, 0.1) is 34.4 Å². The second-order valence-electron chi connectivity index (χ2n) is 10.8. The molecule has 0 radical (unpaired) electrons. The summed E-state index contributed by atoms with van der Waals surface area (Å²) in [5.74, 6) is 0.367. The third-order valence-electron chi connectivity index (χ3n) is 8.07. The van der Waals surface area contributed by atoms with E-state index in [2.05, 4.69) is 38.8 Å². The van der Waals surface area contributed by atoms with Gasteiger partial charge in [-0.15, -0.1) is 0 Å². The standard InChI is InChI=1S/C28H32FN7O2.CH4/c1-16-11-24-21(26-22(27(37)32-24)13-30-36(26)19-7-8-33(4)15-19)12-20(16)28(38)34-9-10-35(17(2)14-34)25-6-5-23(29)18(3)31-25;/h5-6,11-13,17,19H,7-10,14-15H2,1-4H3,(H,32,37);1H4/t17-,19-;/m0./s1. The molecule has 0 unspecified atom stereocenters. The van der Waals surface area contributed by atoms with E-state index in [-0.39, 0.29) is 36.8 Å². The van der Waals surface area contributed by atoms with Crippen LogP contribution < -0.4 is 10.5 Å². The number of hydrogen-bond donors (Lipinski definition) is 1. The van der Waals surface area contributed by atoms with E-state index >= 15 is 0 Å². The van der Waals surface area contributed by atoms with Crippen LogP contribution in [-0.2, 0) is 0 Å². The van der Waals surface area contributed by atoms with Gasteiger partial charge in [0.2, 0.25) is 0 Å². The Morgan fingerprint density at radius 3 is 2.59 bits per heavy atom. The number of aromatic amines is 1. The molecule has 2 aliphatic heterocycles. The predicted molar refractivity (Wildman–Crippen MR) is 152 cm³/mol. The first-order valence-electron chi connectivity index (χ1n) is 13.1. The first-order chi connectivity index (χ1) is 18.2. The van der Waals surface area contributed by atoms with Gasteiger partial charge in [-0.3, -0.25) is 14.3 Å². The normalized spacial score (nSPS) is 20.1. The fourth-order valence-corrected chi connectivity index (χ4v) is 5.96. The lowest BCUT2D eigenvalue weighted by molar-refractivity contribution is 0.0725. The second kappa shape index (κ2) is 10.1. The molecule has 0 bridgehead atoms. The van der Waals surface area contributed by atoms with Gasteiger partial charge in [-0.2, -0.15) is 5.10 Å². The molecule has 39 heavy (non-hydrogen) atoms. The molecule has 0 aliphatic carbocycles. The molecule has 2 saturated heterocycles. The second-order valence-corrected chi connectivity index (χ2v) is 10.8. The number of benzene rings is 1. The van der Waals surface area contributed by atoms with Crippen molar-refractivity contribution < 1.29 is 9.18 Å². The Hall–Kier alpha value is -3.79. The highest BCUT2D eigenvalue weighted by atomic mass is 19.1. The highest BCUT2D eigenvalue weighted by Gasteiger charge is 2.30. The topological polar surface area (TPSA) is 90.4 Å². The van der Waals surface area contributed by atoms with Gasteiger partial charge in [0.1, 0.15) is 11.6 Å². The van der Waals surface area contributed by atoms with E-state index in [1.165, 1.54) is 6.07 Å². The van der Waals surface area contributed by atoms with E-state index in [9.17, 15) is 14.0 Å². The summed E-state index contributed by atoms with van der Waals surface area (Å²) in [6.45, 7) is 9.14. The van der Waals surface area contributed by atoms with Crippen LogP contribution in [0.5, 0.6) is 0 Å². The number of anilines is 1. The molecule has 6 rings (SSSR count). The molecule has 2 fully saturated rings. The summed E-state index contributed by atoms with van der Waals surface area (Å²) in [6.07, 6.45) is 2.60. The number of rotatable bonds is 3. The number of carbonyl (C=O) groups is 1. The van der Waals surface area contributed by atoms with Crippen molar-refractivity contribution in [1.82, 2.24) is 29.5 Å². The lowest BCUT2D eigenvalue weighted by atomic mass is 10.0. The van der Waals surface area contributed by atoms with E-state index < -0.39 is 0 Å².